The second kappa shape index (κ2) is 8.19. The van der Waals surface area contributed by atoms with Crippen LogP contribution >= 0.6 is 0 Å². The Bertz CT molecular complexity index is 885. The molecule has 0 spiro atoms. The van der Waals surface area contributed by atoms with Crippen molar-refractivity contribution < 1.29 is 31.5 Å². The van der Waals surface area contributed by atoms with Gasteiger partial charge in [-0.1, -0.05) is 26.3 Å². The maximum absolute atomic E-state index is 13.9. The average Bonchev–Trinajstić information content (AvgIpc) is 3.12. The van der Waals surface area contributed by atoms with Crippen molar-refractivity contribution in [3.8, 4) is 0 Å². The molecule has 0 aromatic heterocycles. The lowest BCUT2D eigenvalue weighted by atomic mass is 9.48. The molecule has 4 rings (SSSR count). The maximum atomic E-state index is 13.9. The number of nitrogens with one attached hydrogen (secondary N) is 1. The summed E-state index contributed by atoms with van der Waals surface area (Å²) in [4.78, 5) is 26.6. The topological polar surface area (TPSA) is 49.4 Å². The minimum Gasteiger partial charge on any atom is -0.348 e. The molecular formula is C25H35F5N2O2. The van der Waals surface area contributed by atoms with Gasteiger partial charge in [0.05, 0.1) is 6.54 Å². The predicted molar refractivity (Wildman–Crippen MR) is 117 cm³/mol. The lowest BCUT2D eigenvalue weighted by Crippen LogP contribution is -2.61. The van der Waals surface area contributed by atoms with Crippen molar-refractivity contribution in [1.82, 2.24) is 10.2 Å². The third-order valence-electron chi connectivity index (χ3n) is 9.46. The number of hydrogen-bond acceptors (Lipinski definition) is 2. The van der Waals surface area contributed by atoms with Crippen LogP contribution < -0.4 is 5.32 Å². The van der Waals surface area contributed by atoms with E-state index in [9.17, 15) is 31.5 Å². The van der Waals surface area contributed by atoms with E-state index < -0.39 is 41.9 Å². The second-order valence-electron chi connectivity index (χ2n) is 11.7. The number of amides is 2. The Hall–Kier alpha value is -1.67. The SMILES string of the molecule is CC(C)N(CC(F)(F)C(F)(F)F)C(=O)C1=C[C@@]2(C)C(CC[C@@H]3[C@H]2CC[C@]2(C)CCC[C@@H]32)NC1=O. The van der Waals surface area contributed by atoms with E-state index in [4.69, 9.17) is 0 Å². The van der Waals surface area contributed by atoms with Crippen molar-refractivity contribution >= 4 is 11.8 Å². The highest BCUT2D eigenvalue weighted by molar-refractivity contribution is 6.19. The van der Waals surface area contributed by atoms with Crippen molar-refractivity contribution in [2.75, 3.05) is 6.54 Å². The van der Waals surface area contributed by atoms with Crippen LogP contribution in [0.25, 0.3) is 0 Å². The standard InChI is InChI=1S/C25H35F5N2O2/c1-14(2)32(13-24(26,27)25(28,29)30)21(34)16-12-23(4)18-9-11-22(3)10-5-6-17(22)15(18)7-8-19(23)31-20(16)33/h12,14-15,17-19H,5-11,13H2,1-4H3,(H,31,33)/t15-,17-,18+,19?,22-,23+/m0/s1. The lowest BCUT2D eigenvalue weighted by Gasteiger charge is -2.58. The summed E-state index contributed by atoms with van der Waals surface area (Å²) < 4.78 is 66.3. The van der Waals surface area contributed by atoms with E-state index in [0.29, 0.717) is 22.2 Å². The van der Waals surface area contributed by atoms with Crippen LogP contribution in [0.3, 0.4) is 0 Å². The number of carbonyl (C=O) groups is 2. The lowest BCUT2D eigenvalue weighted by molar-refractivity contribution is -0.286. The molecule has 0 bridgehead atoms. The summed E-state index contributed by atoms with van der Waals surface area (Å²) in [6.45, 7) is 5.31. The molecule has 4 nitrogen and oxygen atoms in total. The van der Waals surface area contributed by atoms with Crippen molar-refractivity contribution in [3.63, 3.8) is 0 Å². The highest BCUT2D eigenvalue weighted by Crippen LogP contribution is 2.63. The predicted octanol–water partition coefficient (Wildman–Crippen LogP) is 5.48. The maximum Gasteiger partial charge on any atom is 0.455 e. The van der Waals surface area contributed by atoms with Crippen molar-refractivity contribution in [3.05, 3.63) is 11.6 Å². The zero-order valence-corrected chi connectivity index (χ0v) is 20.3. The van der Waals surface area contributed by atoms with Crippen LogP contribution in [-0.4, -0.2) is 47.4 Å². The summed E-state index contributed by atoms with van der Waals surface area (Å²) in [5.41, 5.74) is -0.533. The number of carbonyl (C=O) groups excluding carboxylic acids is 2. The molecule has 34 heavy (non-hydrogen) atoms. The summed E-state index contributed by atoms with van der Waals surface area (Å²) in [6, 6.07) is -1.11. The van der Waals surface area contributed by atoms with Crippen molar-refractivity contribution in [1.29, 1.82) is 0 Å². The normalized spacial score (nSPS) is 37.9. The number of halogens is 5. The molecule has 0 aromatic carbocycles. The summed E-state index contributed by atoms with van der Waals surface area (Å²) in [6.07, 6.45) is 3.23. The Kier molecular flexibility index (Phi) is 6.12. The smallest absolute Gasteiger partial charge is 0.348 e. The van der Waals surface area contributed by atoms with Gasteiger partial charge in [-0.15, -0.1) is 0 Å². The van der Waals surface area contributed by atoms with Gasteiger partial charge in [-0.25, -0.2) is 0 Å². The van der Waals surface area contributed by atoms with Gasteiger partial charge in [0.1, 0.15) is 5.57 Å². The largest absolute Gasteiger partial charge is 0.455 e. The van der Waals surface area contributed by atoms with E-state index in [1.807, 2.05) is 6.92 Å². The van der Waals surface area contributed by atoms with E-state index >= 15 is 0 Å². The van der Waals surface area contributed by atoms with Gasteiger partial charge < -0.3 is 10.2 Å². The van der Waals surface area contributed by atoms with E-state index in [1.54, 1.807) is 6.08 Å². The number of alkyl halides is 5. The molecule has 2 amide bonds. The summed E-state index contributed by atoms with van der Waals surface area (Å²) in [5, 5.41) is 2.91. The molecule has 1 unspecified atom stereocenters. The molecular weight excluding hydrogens is 455 g/mol. The Labute approximate surface area is 197 Å². The third-order valence-corrected chi connectivity index (χ3v) is 9.46. The Balaban J connectivity index is 1.66. The number of fused-ring (bicyclic) bond motifs is 5. The van der Waals surface area contributed by atoms with Gasteiger partial charge in [-0.3, -0.25) is 9.59 Å². The van der Waals surface area contributed by atoms with E-state index in [0.717, 1.165) is 25.7 Å². The first-order chi connectivity index (χ1) is 15.6. The van der Waals surface area contributed by atoms with Crippen molar-refractivity contribution in [2.24, 2.45) is 28.6 Å². The molecule has 3 aliphatic carbocycles. The minimum atomic E-state index is -5.78. The van der Waals surface area contributed by atoms with Crippen LogP contribution in [0.1, 0.15) is 72.6 Å². The summed E-state index contributed by atoms with van der Waals surface area (Å²) in [5.74, 6) is -5.55. The molecule has 1 aliphatic heterocycles. The van der Waals surface area contributed by atoms with E-state index in [2.05, 4.69) is 12.2 Å². The molecule has 192 valence electrons. The number of nitrogens with zero attached hydrogens (tertiary/aromatic N) is 1. The van der Waals surface area contributed by atoms with Crippen LogP contribution in [0.2, 0.25) is 0 Å². The summed E-state index contributed by atoms with van der Waals surface area (Å²) in [7, 11) is 0. The number of hydrogen-bond donors (Lipinski definition) is 1. The first kappa shape index (κ1) is 25.4. The quantitative estimate of drug-likeness (QED) is 0.419. The van der Waals surface area contributed by atoms with Crippen LogP contribution in [0.15, 0.2) is 11.6 Å². The highest BCUT2D eigenvalue weighted by atomic mass is 19.4. The fraction of sp³-hybridized carbons (Fsp3) is 0.840. The number of rotatable bonds is 4. The van der Waals surface area contributed by atoms with Gasteiger partial charge in [0.2, 0.25) is 0 Å². The Morgan fingerprint density at radius 2 is 1.76 bits per heavy atom. The van der Waals surface area contributed by atoms with Crippen LogP contribution in [-0.2, 0) is 9.59 Å². The first-order valence-corrected chi connectivity index (χ1v) is 12.4. The molecule has 4 aliphatic rings. The fourth-order valence-corrected chi connectivity index (χ4v) is 7.54. The van der Waals surface area contributed by atoms with E-state index in [1.165, 1.54) is 33.1 Å². The van der Waals surface area contributed by atoms with Gasteiger partial charge >= 0.3 is 12.1 Å². The zero-order chi connectivity index (χ0) is 25.3. The third kappa shape index (κ3) is 3.94. The molecule has 1 N–H and O–H groups in total. The monoisotopic (exact) mass is 490 g/mol. The Morgan fingerprint density at radius 3 is 2.38 bits per heavy atom. The molecule has 0 radical (unpaired) electrons. The van der Waals surface area contributed by atoms with Gasteiger partial charge in [-0.05, 0) is 75.5 Å². The van der Waals surface area contributed by atoms with Gasteiger partial charge in [0.25, 0.3) is 11.8 Å². The van der Waals surface area contributed by atoms with Gasteiger partial charge in [-0.2, -0.15) is 22.0 Å². The van der Waals surface area contributed by atoms with E-state index in [-0.39, 0.29) is 17.5 Å². The Morgan fingerprint density at radius 1 is 1.09 bits per heavy atom. The molecule has 0 aromatic rings. The minimum absolute atomic E-state index is 0.173. The molecule has 0 saturated heterocycles. The van der Waals surface area contributed by atoms with Gasteiger partial charge in [0.15, 0.2) is 0 Å². The van der Waals surface area contributed by atoms with Gasteiger partial charge in [0, 0.05) is 17.5 Å². The molecule has 1 heterocycles. The first-order valence-electron chi connectivity index (χ1n) is 12.4. The second-order valence-corrected chi connectivity index (χ2v) is 11.7. The van der Waals surface area contributed by atoms with Crippen molar-refractivity contribution in [2.45, 2.75) is 96.8 Å². The highest BCUT2D eigenvalue weighted by Gasteiger charge is 2.60. The molecule has 9 heteroatoms. The van der Waals surface area contributed by atoms with Crippen LogP contribution in [0.4, 0.5) is 22.0 Å². The fourth-order valence-electron chi connectivity index (χ4n) is 7.54. The van der Waals surface area contributed by atoms with Crippen LogP contribution in [0.5, 0.6) is 0 Å². The average molecular weight is 491 g/mol. The molecule has 3 saturated carbocycles. The molecule has 3 fully saturated rings. The van der Waals surface area contributed by atoms with Crippen LogP contribution in [0, 0.1) is 28.6 Å². The zero-order valence-electron chi connectivity index (χ0n) is 20.3. The molecule has 6 atom stereocenters. The summed E-state index contributed by atoms with van der Waals surface area (Å²) >= 11 is 0.